The first-order valence-electron chi connectivity index (χ1n) is 6.78. The first-order valence-corrected chi connectivity index (χ1v) is 8.60. The van der Waals surface area contributed by atoms with Gasteiger partial charge in [0.1, 0.15) is 4.90 Å². The van der Waals surface area contributed by atoms with Crippen molar-refractivity contribution in [1.82, 2.24) is 4.31 Å². The molecule has 0 aliphatic carbocycles. The molecule has 0 spiro atoms. The molecule has 0 bridgehead atoms. The largest absolute Gasteiger partial charge is 0.392 e. The lowest BCUT2D eigenvalue weighted by molar-refractivity contribution is 0.167. The van der Waals surface area contributed by atoms with Crippen molar-refractivity contribution >= 4 is 21.6 Å². The van der Waals surface area contributed by atoms with Gasteiger partial charge in [0.25, 0.3) is 0 Å². The van der Waals surface area contributed by atoms with Gasteiger partial charge in [0.05, 0.1) is 18.2 Å². The van der Waals surface area contributed by atoms with E-state index in [0.717, 1.165) is 0 Å². The normalized spacial score (nSPS) is 13.6. The van der Waals surface area contributed by atoms with Crippen molar-refractivity contribution in [2.45, 2.75) is 37.8 Å². The van der Waals surface area contributed by atoms with Crippen LogP contribution in [0.3, 0.4) is 0 Å². The van der Waals surface area contributed by atoms with Gasteiger partial charge in [0.15, 0.2) is 0 Å². The molecule has 1 unspecified atom stereocenters. The Kier molecular flexibility index (Phi) is 7.09. The maximum absolute atomic E-state index is 12.8. The molecule has 0 amide bonds. The van der Waals surface area contributed by atoms with Gasteiger partial charge in [-0.15, -0.1) is 0 Å². The first kappa shape index (κ1) is 18.4. The van der Waals surface area contributed by atoms with Crippen LogP contribution in [0.2, 0.25) is 5.02 Å². The molecule has 1 aromatic carbocycles. The van der Waals surface area contributed by atoms with Gasteiger partial charge >= 0.3 is 0 Å². The molecule has 1 atom stereocenters. The third-order valence-electron chi connectivity index (χ3n) is 3.36. The van der Waals surface area contributed by atoms with Crippen molar-refractivity contribution in [2.75, 3.05) is 20.3 Å². The molecule has 120 valence electrons. The molecule has 0 aliphatic rings. The van der Waals surface area contributed by atoms with Crippen LogP contribution in [0.5, 0.6) is 0 Å². The van der Waals surface area contributed by atoms with Crippen LogP contribution in [0.15, 0.2) is 23.1 Å². The van der Waals surface area contributed by atoms with Gasteiger partial charge in [-0.2, -0.15) is 4.31 Å². The fourth-order valence-corrected chi connectivity index (χ4v) is 4.15. The van der Waals surface area contributed by atoms with E-state index in [4.69, 9.17) is 16.3 Å². The predicted molar refractivity (Wildman–Crippen MR) is 82.9 cm³/mol. The average molecular weight is 336 g/mol. The molecule has 1 N–H and O–H groups in total. The lowest BCUT2D eigenvalue weighted by Gasteiger charge is -2.28. The monoisotopic (exact) mass is 335 g/mol. The van der Waals surface area contributed by atoms with Crippen LogP contribution in [0.1, 0.15) is 25.8 Å². The van der Waals surface area contributed by atoms with Crippen LogP contribution in [0.4, 0.5) is 0 Å². The van der Waals surface area contributed by atoms with E-state index in [-0.39, 0.29) is 29.1 Å². The molecule has 0 saturated carbocycles. The Morgan fingerprint density at radius 2 is 2.10 bits per heavy atom. The number of hydrogen-bond acceptors (Lipinski definition) is 4. The minimum Gasteiger partial charge on any atom is -0.392 e. The van der Waals surface area contributed by atoms with E-state index in [1.54, 1.807) is 6.07 Å². The van der Waals surface area contributed by atoms with Crippen molar-refractivity contribution in [3.8, 4) is 0 Å². The number of aliphatic hydroxyl groups excluding tert-OH is 1. The van der Waals surface area contributed by atoms with E-state index in [9.17, 15) is 13.5 Å². The summed E-state index contributed by atoms with van der Waals surface area (Å²) in [5.74, 6) is 0. The molecule has 0 saturated heterocycles. The maximum atomic E-state index is 12.8. The fourth-order valence-electron chi connectivity index (χ4n) is 1.93. The third kappa shape index (κ3) is 4.40. The van der Waals surface area contributed by atoms with E-state index in [0.29, 0.717) is 18.6 Å². The zero-order chi connectivity index (χ0) is 16.0. The highest BCUT2D eigenvalue weighted by Gasteiger charge is 2.30. The Bertz CT molecular complexity index is 562. The standard InChI is InChI=1S/C14H22ClNO4S/c1-4-11(2)16(7-8-20-3)21(18,19)14-9-12(10-17)5-6-13(14)15/h5-6,9,11,17H,4,7-8,10H2,1-3H3. The molecule has 0 fully saturated rings. The number of benzene rings is 1. The van der Waals surface area contributed by atoms with Gasteiger partial charge in [0.2, 0.25) is 10.0 Å². The van der Waals surface area contributed by atoms with Crippen molar-refractivity contribution in [1.29, 1.82) is 0 Å². The summed E-state index contributed by atoms with van der Waals surface area (Å²) >= 11 is 6.04. The maximum Gasteiger partial charge on any atom is 0.244 e. The summed E-state index contributed by atoms with van der Waals surface area (Å²) in [5.41, 5.74) is 0.508. The Morgan fingerprint density at radius 1 is 1.43 bits per heavy atom. The number of aliphatic hydroxyl groups is 1. The topological polar surface area (TPSA) is 66.8 Å². The Labute approximate surface area is 131 Å². The highest BCUT2D eigenvalue weighted by molar-refractivity contribution is 7.89. The minimum absolute atomic E-state index is 0.0205. The molecular formula is C14H22ClNO4S. The highest BCUT2D eigenvalue weighted by atomic mass is 35.5. The lowest BCUT2D eigenvalue weighted by Crippen LogP contribution is -2.40. The quantitative estimate of drug-likeness (QED) is 0.791. The number of hydrogen-bond donors (Lipinski definition) is 1. The van der Waals surface area contributed by atoms with Crippen molar-refractivity contribution in [3.63, 3.8) is 0 Å². The summed E-state index contributed by atoms with van der Waals surface area (Å²) in [7, 11) is -2.21. The van der Waals surface area contributed by atoms with Crippen LogP contribution in [0, 0.1) is 0 Å². The fraction of sp³-hybridized carbons (Fsp3) is 0.571. The Morgan fingerprint density at radius 3 is 2.62 bits per heavy atom. The van der Waals surface area contributed by atoms with Gasteiger partial charge in [-0.25, -0.2) is 8.42 Å². The van der Waals surface area contributed by atoms with E-state index in [1.165, 1.54) is 23.5 Å². The number of rotatable bonds is 8. The number of ether oxygens (including phenoxy) is 1. The zero-order valence-electron chi connectivity index (χ0n) is 12.5. The summed E-state index contributed by atoms with van der Waals surface area (Å²) < 4.78 is 32.0. The predicted octanol–water partition coefficient (Wildman–Crippen LogP) is 2.27. The second-order valence-corrected chi connectivity index (χ2v) is 7.05. The minimum atomic E-state index is -3.74. The van der Waals surface area contributed by atoms with Crippen LogP contribution >= 0.6 is 11.6 Å². The lowest BCUT2D eigenvalue weighted by atomic mass is 10.2. The number of halogens is 1. The molecule has 5 nitrogen and oxygen atoms in total. The molecule has 1 aromatic rings. The van der Waals surface area contributed by atoms with Crippen LogP contribution in [-0.4, -0.2) is 44.1 Å². The summed E-state index contributed by atoms with van der Waals surface area (Å²) in [6, 6.07) is 4.34. The van der Waals surface area contributed by atoms with Crippen molar-refractivity contribution < 1.29 is 18.3 Å². The van der Waals surface area contributed by atoms with E-state index >= 15 is 0 Å². The van der Waals surface area contributed by atoms with Gasteiger partial charge in [-0.05, 0) is 31.0 Å². The van der Waals surface area contributed by atoms with Crippen LogP contribution in [-0.2, 0) is 21.4 Å². The van der Waals surface area contributed by atoms with Crippen LogP contribution in [0.25, 0.3) is 0 Å². The zero-order valence-corrected chi connectivity index (χ0v) is 14.1. The summed E-state index contributed by atoms with van der Waals surface area (Å²) in [6.07, 6.45) is 0.681. The van der Waals surface area contributed by atoms with Gasteiger partial charge in [0, 0.05) is 19.7 Å². The van der Waals surface area contributed by atoms with Gasteiger partial charge in [-0.3, -0.25) is 0 Å². The van der Waals surface area contributed by atoms with Gasteiger partial charge < -0.3 is 9.84 Å². The summed E-state index contributed by atoms with van der Waals surface area (Å²) in [6.45, 7) is 4.10. The average Bonchev–Trinajstić information content (AvgIpc) is 2.47. The number of nitrogens with zero attached hydrogens (tertiary/aromatic N) is 1. The second-order valence-electron chi connectivity index (χ2n) is 4.79. The number of sulfonamides is 1. The van der Waals surface area contributed by atoms with Crippen molar-refractivity contribution in [2.24, 2.45) is 0 Å². The van der Waals surface area contributed by atoms with E-state index in [1.807, 2.05) is 13.8 Å². The molecule has 21 heavy (non-hydrogen) atoms. The molecule has 0 aromatic heterocycles. The van der Waals surface area contributed by atoms with Crippen molar-refractivity contribution in [3.05, 3.63) is 28.8 Å². The molecule has 0 radical (unpaired) electrons. The Balaban J connectivity index is 3.27. The number of methoxy groups -OCH3 is 1. The summed E-state index contributed by atoms with van der Waals surface area (Å²) in [4.78, 5) is 0.0205. The Hall–Kier alpha value is -0.660. The molecule has 7 heteroatoms. The van der Waals surface area contributed by atoms with Crippen LogP contribution < -0.4 is 0 Å². The van der Waals surface area contributed by atoms with E-state index in [2.05, 4.69) is 0 Å². The van der Waals surface area contributed by atoms with Gasteiger partial charge in [-0.1, -0.05) is 24.6 Å². The summed E-state index contributed by atoms with van der Waals surface area (Å²) in [5, 5.41) is 9.33. The highest BCUT2D eigenvalue weighted by Crippen LogP contribution is 2.27. The smallest absolute Gasteiger partial charge is 0.244 e. The molecular weight excluding hydrogens is 314 g/mol. The molecule has 1 rings (SSSR count). The first-order chi connectivity index (χ1) is 9.88. The van der Waals surface area contributed by atoms with E-state index < -0.39 is 10.0 Å². The SMILES string of the molecule is CCC(C)N(CCOC)S(=O)(=O)c1cc(CO)ccc1Cl. The molecule has 0 heterocycles. The molecule has 0 aliphatic heterocycles. The third-order valence-corrected chi connectivity index (χ3v) is 5.86. The second kappa shape index (κ2) is 8.10.